The lowest BCUT2D eigenvalue weighted by Gasteiger charge is -2.13. The highest BCUT2D eigenvalue weighted by Crippen LogP contribution is 2.30. The molecular formula is C25H18N4O4. The Morgan fingerprint density at radius 2 is 1.79 bits per heavy atom. The van der Waals surface area contributed by atoms with E-state index in [1.165, 1.54) is 13.2 Å². The van der Waals surface area contributed by atoms with Crippen molar-refractivity contribution in [3.63, 3.8) is 0 Å². The molecule has 0 bridgehead atoms. The Kier molecular flexibility index (Phi) is 4.95. The van der Waals surface area contributed by atoms with Gasteiger partial charge in [-0.3, -0.25) is 9.59 Å². The van der Waals surface area contributed by atoms with Crippen LogP contribution in [0, 0.1) is 0 Å². The normalized spacial score (nSPS) is 17.4. The summed E-state index contributed by atoms with van der Waals surface area (Å²) < 4.78 is 5.15. The fraction of sp³-hybridized carbons (Fsp3) is 0.0400. The maximum absolute atomic E-state index is 13.3. The van der Waals surface area contributed by atoms with Gasteiger partial charge in [-0.15, -0.1) is 0 Å². The van der Waals surface area contributed by atoms with Crippen molar-refractivity contribution in [3.05, 3.63) is 95.2 Å². The molecule has 0 saturated carbocycles. The monoisotopic (exact) mass is 438 g/mol. The summed E-state index contributed by atoms with van der Waals surface area (Å²) in [6, 6.07) is 21.0. The molecule has 8 nitrogen and oxygen atoms in total. The van der Waals surface area contributed by atoms with E-state index in [4.69, 9.17) is 4.74 Å². The van der Waals surface area contributed by atoms with Crippen molar-refractivity contribution in [1.82, 2.24) is 5.01 Å². The number of carbonyl (C=O) groups is 2. The van der Waals surface area contributed by atoms with Crippen molar-refractivity contribution in [2.45, 2.75) is 0 Å². The average Bonchev–Trinajstić information content (AvgIpc) is 3.32. The van der Waals surface area contributed by atoms with Crippen LogP contribution in [0.1, 0.15) is 16.7 Å². The van der Waals surface area contributed by atoms with Gasteiger partial charge in [-0.1, -0.05) is 54.6 Å². The summed E-state index contributed by atoms with van der Waals surface area (Å²) in [6.07, 6.45) is 1.58. The number of phenolic OH excluding ortho intramolecular Hbond substituents is 1. The predicted octanol–water partition coefficient (Wildman–Crippen LogP) is 3.39. The molecule has 2 amide bonds. The minimum atomic E-state index is -0.481. The second-order valence-corrected chi connectivity index (χ2v) is 7.33. The fourth-order valence-electron chi connectivity index (χ4n) is 3.62. The van der Waals surface area contributed by atoms with Crippen LogP contribution >= 0.6 is 0 Å². The lowest BCUT2D eigenvalue weighted by Crippen LogP contribution is -2.30. The number of para-hydroxylation sites is 1. The third-order valence-corrected chi connectivity index (χ3v) is 5.22. The number of hydrazone groups is 1. The molecule has 0 unspecified atom stereocenters. The molecule has 33 heavy (non-hydrogen) atoms. The maximum Gasteiger partial charge on any atom is 0.298 e. The number of nitrogens with one attached hydrogen (secondary N) is 1. The van der Waals surface area contributed by atoms with Crippen LogP contribution in [-0.2, 0) is 9.59 Å². The largest absolute Gasteiger partial charge is 0.504 e. The van der Waals surface area contributed by atoms with Crippen LogP contribution in [0.5, 0.6) is 11.5 Å². The van der Waals surface area contributed by atoms with E-state index in [2.05, 4.69) is 15.4 Å². The van der Waals surface area contributed by atoms with Crippen LogP contribution in [0.3, 0.4) is 0 Å². The number of fused-ring (bicyclic) bond motifs is 1. The van der Waals surface area contributed by atoms with E-state index in [9.17, 15) is 14.7 Å². The SMILES string of the molecule is COc1cc(C=C2N=C(c3ccccc3)N(/N=C3\C(=O)Nc4ccccc43)C2=O)ccc1O. The number of aromatic hydroxyl groups is 1. The predicted molar refractivity (Wildman–Crippen MR) is 124 cm³/mol. The first-order valence-electron chi connectivity index (χ1n) is 10.1. The topological polar surface area (TPSA) is 104 Å². The van der Waals surface area contributed by atoms with Gasteiger partial charge in [-0.05, 0) is 29.8 Å². The Balaban J connectivity index is 1.60. The smallest absolute Gasteiger partial charge is 0.298 e. The molecule has 0 aromatic heterocycles. The molecule has 0 radical (unpaired) electrons. The number of methoxy groups -OCH3 is 1. The number of anilines is 1. The number of benzene rings is 3. The summed E-state index contributed by atoms with van der Waals surface area (Å²) in [6.45, 7) is 0. The molecule has 2 N–H and O–H groups in total. The summed E-state index contributed by atoms with van der Waals surface area (Å²) >= 11 is 0. The number of hydrogen-bond donors (Lipinski definition) is 2. The van der Waals surface area contributed by atoms with Gasteiger partial charge in [0, 0.05) is 11.1 Å². The van der Waals surface area contributed by atoms with Crippen LogP contribution in [0.25, 0.3) is 6.08 Å². The molecular weight excluding hydrogens is 420 g/mol. The fourth-order valence-corrected chi connectivity index (χ4v) is 3.62. The zero-order chi connectivity index (χ0) is 22.9. The van der Waals surface area contributed by atoms with Crippen molar-refractivity contribution >= 4 is 35.1 Å². The summed E-state index contributed by atoms with van der Waals surface area (Å²) in [5, 5.41) is 18.2. The highest BCUT2D eigenvalue weighted by molar-refractivity contribution is 6.54. The molecule has 0 atom stereocenters. The molecule has 3 aromatic rings. The molecule has 8 heteroatoms. The van der Waals surface area contributed by atoms with Gasteiger partial charge < -0.3 is 15.2 Å². The standard InChI is InChI=1S/C25H18N4O4/c1-33-21-14-15(11-12-20(21)30)13-19-25(32)29(23(26-19)16-7-3-2-4-8-16)28-22-17-9-5-6-10-18(17)27-24(22)31/h2-14,30H,1H3,(H,27,28,31). The van der Waals surface area contributed by atoms with E-state index >= 15 is 0 Å². The van der Waals surface area contributed by atoms with Crippen LogP contribution in [0.2, 0.25) is 0 Å². The Morgan fingerprint density at radius 3 is 2.58 bits per heavy atom. The van der Waals surface area contributed by atoms with E-state index in [1.54, 1.807) is 36.4 Å². The Labute approximate surface area is 189 Å². The van der Waals surface area contributed by atoms with Gasteiger partial charge in [0.05, 0.1) is 12.8 Å². The second-order valence-electron chi connectivity index (χ2n) is 7.33. The molecule has 3 aromatic carbocycles. The molecule has 0 fully saturated rings. The molecule has 0 spiro atoms. The minimum Gasteiger partial charge on any atom is -0.504 e. The number of ether oxygens (including phenoxy) is 1. The van der Waals surface area contributed by atoms with E-state index in [0.717, 1.165) is 5.01 Å². The lowest BCUT2D eigenvalue weighted by molar-refractivity contribution is -0.122. The van der Waals surface area contributed by atoms with E-state index in [1.807, 2.05) is 36.4 Å². The van der Waals surface area contributed by atoms with Crippen molar-refractivity contribution in [1.29, 1.82) is 0 Å². The van der Waals surface area contributed by atoms with Crippen LogP contribution in [-0.4, -0.2) is 40.6 Å². The van der Waals surface area contributed by atoms with Crippen LogP contribution in [0.15, 0.2) is 88.6 Å². The number of phenols is 1. The number of rotatable bonds is 4. The molecule has 2 aliphatic rings. The van der Waals surface area contributed by atoms with Gasteiger partial charge in [-0.2, -0.15) is 10.1 Å². The van der Waals surface area contributed by atoms with Gasteiger partial charge in [0.25, 0.3) is 11.8 Å². The average molecular weight is 438 g/mol. The van der Waals surface area contributed by atoms with Crippen molar-refractivity contribution in [2.75, 3.05) is 12.4 Å². The summed E-state index contributed by atoms with van der Waals surface area (Å²) in [5.74, 6) is -0.298. The van der Waals surface area contributed by atoms with Crippen molar-refractivity contribution in [3.8, 4) is 11.5 Å². The molecule has 2 aliphatic heterocycles. The maximum atomic E-state index is 13.3. The molecule has 162 valence electrons. The third-order valence-electron chi connectivity index (χ3n) is 5.22. The highest BCUT2D eigenvalue weighted by atomic mass is 16.5. The van der Waals surface area contributed by atoms with E-state index in [-0.39, 0.29) is 22.9 Å². The number of amides is 2. The summed E-state index contributed by atoms with van der Waals surface area (Å²) in [5.41, 5.74) is 2.81. The first-order valence-corrected chi connectivity index (χ1v) is 10.1. The van der Waals surface area contributed by atoms with Crippen molar-refractivity contribution < 1.29 is 19.4 Å². The van der Waals surface area contributed by atoms with Crippen LogP contribution < -0.4 is 10.1 Å². The Hall–Kier alpha value is -4.72. The zero-order valence-corrected chi connectivity index (χ0v) is 17.5. The second kappa shape index (κ2) is 8.08. The zero-order valence-electron chi connectivity index (χ0n) is 17.5. The summed E-state index contributed by atoms with van der Waals surface area (Å²) in [4.78, 5) is 30.4. The lowest BCUT2D eigenvalue weighted by atomic mass is 10.1. The van der Waals surface area contributed by atoms with Crippen LogP contribution in [0.4, 0.5) is 5.69 Å². The number of nitrogens with zero attached hydrogens (tertiary/aromatic N) is 3. The first-order chi connectivity index (χ1) is 16.0. The minimum absolute atomic E-state index is 0.00943. The van der Waals surface area contributed by atoms with Gasteiger partial charge in [-0.25, -0.2) is 4.99 Å². The quantitative estimate of drug-likeness (QED) is 0.610. The van der Waals surface area contributed by atoms with Crippen molar-refractivity contribution in [2.24, 2.45) is 10.1 Å². The molecule has 2 heterocycles. The van der Waals surface area contributed by atoms with Gasteiger partial charge in [0.15, 0.2) is 23.0 Å². The van der Waals surface area contributed by atoms with E-state index in [0.29, 0.717) is 28.2 Å². The number of carbonyl (C=O) groups excluding carboxylic acids is 2. The number of aliphatic imine (C=N–C) groups is 1. The number of hydrogen-bond acceptors (Lipinski definition) is 6. The third kappa shape index (κ3) is 3.63. The Bertz CT molecular complexity index is 1380. The van der Waals surface area contributed by atoms with Gasteiger partial charge in [0.2, 0.25) is 0 Å². The van der Waals surface area contributed by atoms with Gasteiger partial charge >= 0.3 is 0 Å². The summed E-state index contributed by atoms with van der Waals surface area (Å²) in [7, 11) is 1.45. The van der Waals surface area contributed by atoms with E-state index < -0.39 is 11.8 Å². The Morgan fingerprint density at radius 1 is 1.03 bits per heavy atom. The van der Waals surface area contributed by atoms with Gasteiger partial charge in [0.1, 0.15) is 5.70 Å². The highest BCUT2D eigenvalue weighted by Gasteiger charge is 2.34. The molecule has 5 rings (SSSR count). The molecule has 0 saturated heterocycles. The molecule has 0 aliphatic carbocycles. The number of amidine groups is 1. The first kappa shape index (κ1) is 20.2.